The number of aromatic nitrogens is 2. The third-order valence-electron chi connectivity index (χ3n) is 4.11. The molecule has 22 heavy (non-hydrogen) atoms. The number of nitrogens with zero attached hydrogens (tertiary/aromatic N) is 2. The lowest BCUT2D eigenvalue weighted by Crippen LogP contribution is -2.25. The number of carboxylic acids is 1. The highest BCUT2D eigenvalue weighted by Gasteiger charge is 2.20. The highest BCUT2D eigenvalue weighted by atomic mass is 16.4. The molecule has 0 spiro atoms. The topological polar surface area (TPSA) is 67.2 Å². The standard InChI is InChI=1S/C17H21N3O2/c1-2-3-15-14-10-18-9-8-16(14)20(19-15)11-12-4-6-13(7-5-12)17(21)22/h4-7,18H,2-3,8-11H2,1H3,(H,21,22). The van der Waals surface area contributed by atoms with E-state index in [1.165, 1.54) is 17.0 Å². The summed E-state index contributed by atoms with van der Waals surface area (Å²) >= 11 is 0. The third kappa shape index (κ3) is 2.90. The lowest BCUT2D eigenvalue weighted by Gasteiger charge is -2.15. The Bertz CT molecular complexity index is 674. The predicted molar refractivity (Wildman–Crippen MR) is 84.1 cm³/mol. The van der Waals surface area contributed by atoms with E-state index < -0.39 is 5.97 Å². The number of nitrogens with one attached hydrogen (secondary N) is 1. The fraction of sp³-hybridized carbons (Fsp3) is 0.412. The third-order valence-corrected chi connectivity index (χ3v) is 4.11. The maximum atomic E-state index is 10.9. The highest BCUT2D eigenvalue weighted by Crippen LogP contribution is 2.21. The number of hydrogen-bond acceptors (Lipinski definition) is 3. The van der Waals surface area contributed by atoms with Crippen LogP contribution in [-0.4, -0.2) is 27.4 Å². The zero-order chi connectivity index (χ0) is 15.5. The minimum atomic E-state index is -0.890. The number of carboxylic acid groups (broad SMARTS) is 1. The molecule has 0 fully saturated rings. The summed E-state index contributed by atoms with van der Waals surface area (Å²) in [6.07, 6.45) is 3.10. The van der Waals surface area contributed by atoms with Gasteiger partial charge in [0.15, 0.2) is 0 Å². The zero-order valence-electron chi connectivity index (χ0n) is 12.8. The second kappa shape index (κ2) is 6.32. The quantitative estimate of drug-likeness (QED) is 0.888. The Kier molecular flexibility index (Phi) is 4.24. The molecular weight excluding hydrogens is 278 g/mol. The summed E-state index contributed by atoms with van der Waals surface area (Å²) in [5, 5.41) is 17.2. The van der Waals surface area contributed by atoms with Crippen molar-refractivity contribution in [2.75, 3.05) is 6.54 Å². The number of hydrogen-bond donors (Lipinski definition) is 2. The van der Waals surface area contributed by atoms with Crippen molar-refractivity contribution in [2.45, 2.75) is 39.3 Å². The van der Waals surface area contributed by atoms with Gasteiger partial charge >= 0.3 is 5.97 Å². The van der Waals surface area contributed by atoms with Gasteiger partial charge in [0.2, 0.25) is 0 Å². The molecule has 0 amide bonds. The monoisotopic (exact) mass is 299 g/mol. The van der Waals surface area contributed by atoms with Crippen LogP contribution in [0.15, 0.2) is 24.3 Å². The second-order valence-corrected chi connectivity index (χ2v) is 5.71. The van der Waals surface area contributed by atoms with Gasteiger partial charge in [-0.1, -0.05) is 25.5 Å². The summed E-state index contributed by atoms with van der Waals surface area (Å²) in [4.78, 5) is 10.9. The molecule has 2 N–H and O–H groups in total. The average Bonchev–Trinajstić information content (AvgIpc) is 2.87. The normalized spacial score (nSPS) is 13.9. The van der Waals surface area contributed by atoms with Crippen molar-refractivity contribution < 1.29 is 9.90 Å². The largest absolute Gasteiger partial charge is 0.478 e. The van der Waals surface area contributed by atoms with E-state index >= 15 is 0 Å². The number of carbonyl (C=O) groups is 1. The van der Waals surface area contributed by atoms with Crippen LogP contribution in [-0.2, 0) is 25.9 Å². The fourth-order valence-electron chi connectivity index (χ4n) is 2.99. The van der Waals surface area contributed by atoms with E-state index in [9.17, 15) is 4.79 Å². The van der Waals surface area contributed by atoms with Gasteiger partial charge in [-0.05, 0) is 24.1 Å². The molecule has 5 heteroatoms. The van der Waals surface area contributed by atoms with E-state index in [-0.39, 0.29) is 0 Å². The van der Waals surface area contributed by atoms with Crippen LogP contribution < -0.4 is 5.32 Å². The van der Waals surface area contributed by atoms with Gasteiger partial charge in [-0.25, -0.2) is 4.79 Å². The highest BCUT2D eigenvalue weighted by molar-refractivity contribution is 5.87. The SMILES string of the molecule is CCCc1nn(Cc2ccc(C(=O)O)cc2)c2c1CNCC2. The molecule has 0 atom stereocenters. The maximum absolute atomic E-state index is 10.9. The fourth-order valence-corrected chi connectivity index (χ4v) is 2.99. The first-order valence-corrected chi connectivity index (χ1v) is 7.79. The average molecular weight is 299 g/mol. The van der Waals surface area contributed by atoms with E-state index in [1.54, 1.807) is 12.1 Å². The molecular formula is C17H21N3O2. The van der Waals surface area contributed by atoms with Crippen molar-refractivity contribution >= 4 is 5.97 Å². The molecule has 1 aromatic carbocycles. The van der Waals surface area contributed by atoms with Crippen LogP contribution in [0.4, 0.5) is 0 Å². The molecule has 0 aliphatic carbocycles. The zero-order valence-corrected chi connectivity index (χ0v) is 12.8. The minimum absolute atomic E-state index is 0.321. The molecule has 2 heterocycles. The van der Waals surface area contributed by atoms with Gasteiger partial charge in [0.25, 0.3) is 0 Å². The van der Waals surface area contributed by atoms with Gasteiger partial charge < -0.3 is 10.4 Å². The Morgan fingerprint density at radius 2 is 2.14 bits per heavy atom. The number of aromatic carboxylic acids is 1. The summed E-state index contributed by atoms with van der Waals surface area (Å²) in [7, 11) is 0. The van der Waals surface area contributed by atoms with Gasteiger partial charge in [0, 0.05) is 30.8 Å². The Morgan fingerprint density at radius 1 is 1.36 bits per heavy atom. The molecule has 1 aliphatic rings. The molecule has 116 valence electrons. The minimum Gasteiger partial charge on any atom is -0.478 e. The number of rotatable bonds is 5. The van der Waals surface area contributed by atoms with E-state index in [0.29, 0.717) is 12.1 Å². The van der Waals surface area contributed by atoms with Crippen LogP contribution in [0.25, 0.3) is 0 Å². The van der Waals surface area contributed by atoms with Crippen LogP contribution in [0.3, 0.4) is 0 Å². The Labute approximate surface area is 130 Å². The number of benzene rings is 1. The molecule has 0 bridgehead atoms. The van der Waals surface area contributed by atoms with Crippen molar-refractivity contribution in [2.24, 2.45) is 0 Å². The molecule has 0 unspecified atom stereocenters. The van der Waals surface area contributed by atoms with Gasteiger partial charge in [-0.2, -0.15) is 5.10 Å². The first-order valence-electron chi connectivity index (χ1n) is 7.79. The molecule has 0 radical (unpaired) electrons. The van der Waals surface area contributed by atoms with Gasteiger partial charge in [0.1, 0.15) is 0 Å². The lowest BCUT2D eigenvalue weighted by molar-refractivity contribution is 0.0697. The van der Waals surface area contributed by atoms with Gasteiger partial charge in [-0.15, -0.1) is 0 Å². The first-order chi connectivity index (χ1) is 10.7. The molecule has 1 aromatic heterocycles. The molecule has 1 aliphatic heterocycles. The van der Waals surface area contributed by atoms with E-state index in [2.05, 4.69) is 16.9 Å². The van der Waals surface area contributed by atoms with Crippen LogP contribution >= 0.6 is 0 Å². The van der Waals surface area contributed by atoms with Crippen LogP contribution in [0.2, 0.25) is 0 Å². The summed E-state index contributed by atoms with van der Waals surface area (Å²) in [6.45, 7) is 4.77. The smallest absolute Gasteiger partial charge is 0.335 e. The summed E-state index contributed by atoms with van der Waals surface area (Å²) in [5.74, 6) is -0.890. The second-order valence-electron chi connectivity index (χ2n) is 5.71. The Hall–Kier alpha value is -2.14. The summed E-state index contributed by atoms with van der Waals surface area (Å²) in [6, 6.07) is 7.06. The van der Waals surface area contributed by atoms with Crippen molar-refractivity contribution in [3.63, 3.8) is 0 Å². The molecule has 3 rings (SSSR count). The molecule has 2 aromatic rings. The lowest BCUT2D eigenvalue weighted by atomic mass is 10.0. The molecule has 5 nitrogen and oxygen atoms in total. The van der Waals surface area contributed by atoms with Crippen molar-refractivity contribution in [3.05, 3.63) is 52.3 Å². The Balaban J connectivity index is 1.86. The van der Waals surface area contributed by atoms with E-state index in [0.717, 1.165) is 37.9 Å². The number of fused-ring (bicyclic) bond motifs is 1. The van der Waals surface area contributed by atoms with Crippen LogP contribution in [0.5, 0.6) is 0 Å². The molecule has 0 saturated heterocycles. The van der Waals surface area contributed by atoms with E-state index in [4.69, 9.17) is 10.2 Å². The van der Waals surface area contributed by atoms with Crippen LogP contribution in [0.1, 0.15) is 46.2 Å². The van der Waals surface area contributed by atoms with Crippen LogP contribution in [0, 0.1) is 0 Å². The van der Waals surface area contributed by atoms with E-state index in [1.807, 2.05) is 12.1 Å². The first kappa shape index (κ1) is 14.8. The van der Waals surface area contributed by atoms with Crippen molar-refractivity contribution in [3.8, 4) is 0 Å². The van der Waals surface area contributed by atoms with Crippen molar-refractivity contribution in [1.82, 2.24) is 15.1 Å². The number of aryl methyl sites for hydroxylation is 1. The maximum Gasteiger partial charge on any atom is 0.335 e. The Morgan fingerprint density at radius 3 is 2.82 bits per heavy atom. The summed E-state index contributed by atoms with van der Waals surface area (Å²) < 4.78 is 2.09. The van der Waals surface area contributed by atoms with Gasteiger partial charge in [-0.3, -0.25) is 4.68 Å². The summed E-state index contributed by atoms with van der Waals surface area (Å²) in [5.41, 5.74) is 5.28. The molecule has 0 saturated carbocycles. The van der Waals surface area contributed by atoms with Gasteiger partial charge in [0.05, 0.1) is 17.8 Å². The van der Waals surface area contributed by atoms with Crippen molar-refractivity contribution in [1.29, 1.82) is 0 Å². The predicted octanol–water partition coefficient (Wildman–Crippen LogP) is 2.23.